The fourth-order valence-corrected chi connectivity index (χ4v) is 2.79. The molecule has 6 nitrogen and oxygen atoms in total. The lowest BCUT2D eigenvalue weighted by molar-refractivity contribution is -0.117. The fraction of sp³-hybridized carbons (Fsp3) is 0.750. The smallest absolute Gasteiger partial charge is 0.263 e. The van der Waals surface area contributed by atoms with E-state index in [2.05, 4.69) is 15.1 Å². The van der Waals surface area contributed by atoms with Gasteiger partial charge < -0.3 is 15.0 Å². The summed E-state index contributed by atoms with van der Waals surface area (Å²) in [5.41, 5.74) is 0.212. The van der Waals surface area contributed by atoms with Crippen LogP contribution in [0.2, 0.25) is 0 Å². The van der Waals surface area contributed by atoms with Crippen molar-refractivity contribution in [2.24, 2.45) is 0 Å². The van der Waals surface area contributed by atoms with Crippen LogP contribution in [-0.4, -0.2) is 68.2 Å². The van der Waals surface area contributed by atoms with Crippen molar-refractivity contribution in [3.8, 4) is 6.07 Å². The summed E-state index contributed by atoms with van der Waals surface area (Å²) in [5, 5.41) is 12.1. The molecule has 0 radical (unpaired) electrons. The van der Waals surface area contributed by atoms with Crippen LogP contribution in [0.5, 0.6) is 0 Å². The van der Waals surface area contributed by atoms with Crippen molar-refractivity contribution >= 4 is 5.91 Å². The Bertz CT molecular complexity index is 416. The normalized spacial score (nSPS) is 21.0. The largest absolute Gasteiger partial charge is 0.379 e. The predicted molar refractivity (Wildman–Crippen MR) is 84.0 cm³/mol. The van der Waals surface area contributed by atoms with Crippen molar-refractivity contribution < 1.29 is 9.53 Å². The standard InChI is InChI=1S/C16H26N4O2/c17-13-15(14-20-6-3-1-2-4-7-20)16(21)18-5-8-19-9-11-22-12-10-19/h14H,1-12H2,(H,18,21)/b15-14-. The van der Waals surface area contributed by atoms with E-state index in [1.54, 1.807) is 6.20 Å². The second-order valence-electron chi connectivity index (χ2n) is 5.81. The Kier molecular flexibility index (Phi) is 7.20. The maximum Gasteiger partial charge on any atom is 0.263 e. The number of rotatable bonds is 5. The Morgan fingerprint density at radius 3 is 2.45 bits per heavy atom. The Hall–Kier alpha value is -1.58. The molecule has 2 rings (SSSR count). The first-order valence-corrected chi connectivity index (χ1v) is 8.24. The molecule has 0 aliphatic carbocycles. The summed E-state index contributed by atoms with van der Waals surface area (Å²) >= 11 is 0. The number of carbonyl (C=O) groups is 1. The molecule has 0 aromatic heterocycles. The van der Waals surface area contributed by atoms with E-state index in [9.17, 15) is 10.1 Å². The van der Waals surface area contributed by atoms with Crippen LogP contribution in [-0.2, 0) is 9.53 Å². The number of morpholine rings is 1. The highest BCUT2D eigenvalue weighted by Gasteiger charge is 2.14. The van der Waals surface area contributed by atoms with E-state index in [0.717, 1.165) is 58.8 Å². The van der Waals surface area contributed by atoms with Crippen LogP contribution in [0.4, 0.5) is 0 Å². The van der Waals surface area contributed by atoms with Crippen molar-refractivity contribution in [1.29, 1.82) is 5.26 Å². The minimum absolute atomic E-state index is 0.212. The van der Waals surface area contributed by atoms with Gasteiger partial charge >= 0.3 is 0 Å². The van der Waals surface area contributed by atoms with Crippen molar-refractivity contribution in [3.63, 3.8) is 0 Å². The van der Waals surface area contributed by atoms with Crippen molar-refractivity contribution in [2.75, 3.05) is 52.5 Å². The lowest BCUT2D eigenvalue weighted by Crippen LogP contribution is -2.41. The zero-order valence-corrected chi connectivity index (χ0v) is 13.2. The highest BCUT2D eigenvalue weighted by Crippen LogP contribution is 2.11. The van der Waals surface area contributed by atoms with Gasteiger partial charge in [-0.25, -0.2) is 0 Å². The Balaban J connectivity index is 1.76. The number of likely N-dealkylation sites (tertiary alicyclic amines) is 1. The summed E-state index contributed by atoms with van der Waals surface area (Å²) in [5.74, 6) is -0.264. The second-order valence-corrected chi connectivity index (χ2v) is 5.81. The van der Waals surface area contributed by atoms with E-state index in [0.29, 0.717) is 6.54 Å². The first-order chi connectivity index (χ1) is 10.8. The molecule has 6 heteroatoms. The number of hydrogen-bond donors (Lipinski definition) is 1. The number of amides is 1. The van der Waals surface area contributed by atoms with Crippen molar-refractivity contribution in [3.05, 3.63) is 11.8 Å². The number of nitriles is 1. The van der Waals surface area contributed by atoms with Gasteiger partial charge in [-0.3, -0.25) is 9.69 Å². The fourth-order valence-electron chi connectivity index (χ4n) is 2.79. The quantitative estimate of drug-likeness (QED) is 0.599. The molecule has 2 saturated heterocycles. The van der Waals surface area contributed by atoms with Crippen molar-refractivity contribution in [2.45, 2.75) is 25.7 Å². The van der Waals surface area contributed by atoms with Gasteiger partial charge in [0.1, 0.15) is 11.6 Å². The molecule has 2 aliphatic heterocycles. The third kappa shape index (κ3) is 5.66. The predicted octanol–water partition coefficient (Wildman–Crippen LogP) is 0.718. The molecular weight excluding hydrogens is 280 g/mol. The van der Waals surface area contributed by atoms with Gasteiger partial charge in [-0.2, -0.15) is 5.26 Å². The SMILES string of the molecule is N#C/C(=C/N1CCCCCC1)C(=O)NCCN1CCOCC1. The Labute approximate surface area is 132 Å². The van der Waals surface area contributed by atoms with E-state index in [-0.39, 0.29) is 11.5 Å². The minimum atomic E-state index is -0.264. The summed E-state index contributed by atoms with van der Waals surface area (Å²) < 4.78 is 5.29. The van der Waals surface area contributed by atoms with Gasteiger partial charge in [0, 0.05) is 45.5 Å². The van der Waals surface area contributed by atoms with E-state index in [4.69, 9.17) is 4.74 Å². The van der Waals surface area contributed by atoms with Crippen LogP contribution >= 0.6 is 0 Å². The molecule has 2 heterocycles. The van der Waals surface area contributed by atoms with E-state index >= 15 is 0 Å². The molecule has 0 aromatic rings. The molecule has 0 spiro atoms. The zero-order chi connectivity index (χ0) is 15.6. The molecule has 0 saturated carbocycles. The van der Waals surface area contributed by atoms with E-state index < -0.39 is 0 Å². The highest BCUT2D eigenvalue weighted by atomic mass is 16.5. The molecule has 0 bridgehead atoms. The maximum atomic E-state index is 12.1. The monoisotopic (exact) mass is 306 g/mol. The highest BCUT2D eigenvalue weighted by molar-refractivity contribution is 5.97. The lowest BCUT2D eigenvalue weighted by atomic mass is 10.2. The Morgan fingerprint density at radius 1 is 1.14 bits per heavy atom. The van der Waals surface area contributed by atoms with Gasteiger partial charge in [0.2, 0.25) is 0 Å². The average molecular weight is 306 g/mol. The van der Waals surface area contributed by atoms with Gasteiger partial charge in [0.05, 0.1) is 13.2 Å². The molecule has 0 atom stereocenters. The van der Waals surface area contributed by atoms with Gasteiger partial charge in [-0.15, -0.1) is 0 Å². The number of carbonyl (C=O) groups excluding carboxylic acids is 1. The molecular formula is C16H26N4O2. The average Bonchev–Trinajstić information content (AvgIpc) is 2.82. The summed E-state index contributed by atoms with van der Waals surface area (Å²) in [7, 11) is 0. The number of hydrogen-bond acceptors (Lipinski definition) is 5. The number of ether oxygens (including phenoxy) is 1. The van der Waals surface area contributed by atoms with Crippen LogP contribution in [0, 0.1) is 11.3 Å². The van der Waals surface area contributed by atoms with Crippen LogP contribution in [0.1, 0.15) is 25.7 Å². The molecule has 1 N–H and O–H groups in total. The Morgan fingerprint density at radius 2 is 1.82 bits per heavy atom. The summed E-state index contributed by atoms with van der Waals surface area (Å²) in [4.78, 5) is 16.5. The molecule has 2 aliphatic rings. The number of nitrogens with one attached hydrogen (secondary N) is 1. The molecule has 2 fully saturated rings. The first kappa shape index (κ1) is 16.8. The molecule has 22 heavy (non-hydrogen) atoms. The topological polar surface area (TPSA) is 68.6 Å². The second kappa shape index (κ2) is 9.44. The van der Waals surface area contributed by atoms with Crippen LogP contribution in [0.15, 0.2) is 11.8 Å². The van der Waals surface area contributed by atoms with Crippen LogP contribution in [0.25, 0.3) is 0 Å². The summed E-state index contributed by atoms with van der Waals surface area (Å²) in [6.45, 7) is 6.57. The van der Waals surface area contributed by atoms with Crippen LogP contribution in [0.3, 0.4) is 0 Å². The third-order valence-corrected chi connectivity index (χ3v) is 4.13. The molecule has 1 amide bonds. The van der Waals surface area contributed by atoms with E-state index in [1.807, 2.05) is 6.07 Å². The van der Waals surface area contributed by atoms with Gasteiger partial charge in [-0.1, -0.05) is 12.8 Å². The van der Waals surface area contributed by atoms with Gasteiger partial charge in [0.15, 0.2) is 0 Å². The first-order valence-electron chi connectivity index (χ1n) is 8.24. The summed E-state index contributed by atoms with van der Waals surface area (Å²) in [6, 6.07) is 2.03. The van der Waals surface area contributed by atoms with Crippen molar-refractivity contribution in [1.82, 2.24) is 15.1 Å². The third-order valence-electron chi connectivity index (χ3n) is 4.13. The zero-order valence-electron chi connectivity index (χ0n) is 13.2. The van der Waals surface area contributed by atoms with Gasteiger partial charge in [-0.05, 0) is 12.8 Å². The number of nitrogens with zero attached hydrogens (tertiary/aromatic N) is 3. The van der Waals surface area contributed by atoms with E-state index in [1.165, 1.54) is 12.8 Å². The van der Waals surface area contributed by atoms with Gasteiger partial charge in [0.25, 0.3) is 5.91 Å². The maximum absolute atomic E-state index is 12.1. The molecule has 0 aromatic carbocycles. The molecule has 0 unspecified atom stereocenters. The minimum Gasteiger partial charge on any atom is -0.379 e. The lowest BCUT2D eigenvalue weighted by Gasteiger charge is -2.26. The van der Waals surface area contributed by atoms with Crippen LogP contribution < -0.4 is 5.32 Å². The molecule has 122 valence electrons. The summed E-state index contributed by atoms with van der Waals surface area (Å²) in [6.07, 6.45) is 6.47.